The minimum Gasteiger partial charge on any atom is -0.388 e. The summed E-state index contributed by atoms with van der Waals surface area (Å²) in [6.45, 7) is 0. The molecular weight excluding hydrogens is 200 g/mol. The van der Waals surface area contributed by atoms with Crippen molar-refractivity contribution in [2.24, 2.45) is 0 Å². The van der Waals surface area contributed by atoms with Crippen molar-refractivity contribution in [2.75, 3.05) is 7.05 Å². The molecule has 3 heteroatoms. The molecule has 0 atom stereocenters. The van der Waals surface area contributed by atoms with Gasteiger partial charge in [0, 0.05) is 36.0 Å². The summed E-state index contributed by atoms with van der Waals surface area (Å²) in [4.78, 5) is 11.8. The molecule has 1 aromatic rings. The van der Waals surface area contributed by atoms with Gasteiger partial charge in [-0.1, -0.05) is 12.1 Å². The van der Waals surface area contributed by atoms with Crippen LogP contribution in [-0.4, -0.2) is 13.0 Å². The minimum atomic E-state index is 0.0000954. The number of fused-ring (bicyclic) bond motifs is 1. The topological polar surface area (TPSA) is 41.1 Å². The van der Waals surface area contributed by atoms with Crippen molar-refractivity contribution >= 4 is 11.6 Å². The molecule has 2 N–H and O–H groups in total. The van der Waals surface area contributed by atoms with E-state index in [1.54, 1.807) is 0 Å². The second-order valence-corrected chi connectivity index (χ2v) is 3.98. The number of benzene rings is 1. The lowest BCUT2D eigenvalue weighted by Gasteiger charge is -2.20. The molecule has 1 amide bonds. The molecule has 80 valence electrons. The Kier molecular flexibility index (Phi) is 1.86. The molecule has 2 aliphatic rings. The fraction of sp³-hybridized carbons (Fsp3) is 0.154. The predicted octanol–water partition coefficient (Wildman–Crippen LogP) is 1.43. The van der Waals surface area contributed by atoms with Crippen LogP contribution < -0.4 is 10.6 Å². The quantitative estimate of drug-likeness (QED) is 0.739. The first-order valence-corrected chi connectivity index (χ1v) is 5.32. The molecule has 0 spiro atoms. The Morgan fingerprint density at radius 3 is 2.88 bits per heavy atom. The molecule has 1 aliphatic carbocycles. The summed E-state index contributed by atoms with van der Waals surface area (Å²) in [7, 11) is 1.90. The SMILES string of the molecule is CNC1=CC=C2Cc3c(cccc31)C(=O)N2. The van der Waals surface area contributed by atoms with Crippen molar-refractivity contribution in [3.63, 3.8) is 0 Å². The van der Waals surface area contributed by atoms with Crippen LogP contribution in [0.1, 0.15) is 21.5 Å². The third kappa shape index (κ3) is 1.18. The van der Waals surface area contributed by atoms with Gasteiger partial charge in [-0.3, -0.25) is 4.79 Å². The van der Waals surface area contributed by atoms with E-state index in [1.165, 1.54) is 0 Å². The number of hydrogen-bond acceptors (Lipinski definition) is 2. The Labute approximate surface area is 93.9 Å². The Hall–Kier alpha value is -2.03. The second-order valence-electron chi connectivity index (χ2n) is 3.98. The summed E-state index contributed by atoms with van der Waals surface area (Å²) in [5.74, 6) is 0.0000954. The maximum Gasteiger partial charge on any atom is 0.255 e. The maximum absolute atomic E-state index is 11.8. The molecule has 1 aliphatic heterocycles. The Bertz CT molecular complexity index is 541. The zero-order valence-electron chi connectivity index (χ0n) is 9.00. The normalized spacial score (nSPS) is 16.9. The van der Waals surface area contributed by atoms with Crippen LogP contribution in [0.4, 0.5) is 0 Å². The Morgan fingerprint density at radius 1 is 1.25 bits per heavy atom. The summed E-state index contributed by atoms with van der Waals surface area (Å²) >= 11 is 0. The summed E-state index contributed by atoms with van der Waals surface area (Å²) in [5.41, 5.74) is 5.06. The highest BCUT2D eigenvalue weighted by atomic mass is 16.1. The fourth-order valence-electron chi connectivity index (χ4n) is 2.28. The molecule has 0 fully saturated rings. The maximum atomic E-state index is 11.8. The van der Waals surface area contributed by atoms with E-state index in [2.05, 4.69) is 16.7 Å². The molecule has 16 heavy (non-hydrogen) atoms. The van der Waals surface area contributed by atoms with Crippen molar-refractivity contribution in [3.8, 4) is 0 Å². The van der Waals surface area contributed by atoms with Crippen molar-refractivity contribution < 1.29 is 4.79 Å². The largest absolute Gasteiger partial charge is 0.388 e. The number of hydrogen-bond donors (Lipinski definition) is 2. The molecule has 3 nitrogen and oxygen atoms in total. The van der Waals surface area contributed by atoms with Gasteiger partial charge in [-0.2, -0.15) is 0 Å². The van der Waals surface area contributed by atoms with Crippen molar-refractivity contribution in [2.45, 2.75) is 6.42 Å². The monoisotopic (exact) mass is 212 g/mol. The van der Waals surface area contributed by atoms with Gasteiger partial charge in [0.1, 0.15) is 0 Å². The predicted molar refractivity (Wildman–Crippen MR) is 62.7 cm³/mol. The first-order valence-electron chi connectivity index (χ1n) is 5.32. The van der Waals surface area contributed by atoms with Crippen LogP contribution >= 0.6 is 0 Å². The van der Waals surface area contributed by atoms with Crippen molar-refractivity contribution in [1.82, 2.24) is 10.6 Å². The highest BCUT2D eigenvalue weighted by Crippen LogP contribution is 2.28. The molecule has 0 saturated heterocycles. The average molecular weight is 212 g/mol. The molecule has 0 unspecified atom stereocenters. The average Bonchev–Trinajstić information content (AvgIpc) is 2.46. The van der Waals surface area contributed by atoms with Crippen LogP contribution in [0.5, 0.6) is 0 Å². The highest BCUT2D eigenvalue weighted by Gasteiger charge is 2.24. The summed E-state index contributed by atoms with van der Waals surface area (Å²) in [6, 6.07) is 5.86. The standard InChI is InChI=1S/C13H12N2O/c1-14-12-6-5-8-7-11-9(12)3-2-4-10(11)13(16)15-8/h2-6,14H,7H2,1H3,(H,15,16). The summed E-state index contributed by atoms with van der Waals surface area (Å²) < 4.78 is 0. The third-order valence-electron chi connectivity index (χ3n) is 3.07. The van der Waals surface area contributed by atoms with Gasteiger partial charge in [0.05, 0.1) is 0 Å². The Morgan fingerprint density at radius 2 is 2.06 bits per heavy atom. The summed E-state index contributed by atoms with van der Waals surface area (Å²) in [5, 5.41) is 6.07. The van der Waals surface area contributed by atoms with Gasteiger partial charge in [0.2, 0.25) is 0 Å². The smallest absolute Gasteiger partial charge is 0.255 e. The Balaban J connectivity index is 2.32. The molecular formula is C13H12N2O. The van der Waals surface area contributed by atoms with Crippen molar-refractivity contribution in [3.05, 3.63) is 52.7 Å². The summed E-state index contributed by atoms with van der Waals surface area (Å²) in [6.07, 6.45) is 4.78. The first-order chi connectivity index (χ1) is 7.79. The number of rotatable bonds is 1. The number of nitrogens with one attached hydrogen (secondary N) is 2. The number of carbonyl (C=O) groups is 1. The van der Waals surface area contributed by atoms with Gasteiger partial charge in [0.25, 0.3) is 5.91 Å². The van der Waals surface area contributed by atoms with Gasteiger partial charge in [-0.25, -0.2) is 0 Å². The van der Waals surface area contributed by atoms with Crippen LogP contribution in [0.2, 0.25) is 0 Å². The lowest BCUT2D eigenvalue weighted by molar-refractivity contribution is 0.0959. The van der Waals surface area contributed by atoms with E-state index >= 15 is 0 Å². The van der Waals surface area contributed by atoms with E-state index in [9.17, 15) is 4.79 Å². The molecule has 2 bridgehead atoms. The molecule has 1 aromatic carbocycles. The minimum absolute atomic E-state index is 0.0000954. The second kappa shape index (κ2) is 3.23. The molecule has 0 radical (unpaired) electrons. The van der Waals surface area contributed by atoms with Gasteiger partial charge in [0.15, 0.2) is 0 Å². The number of allylic oxidation sites excluding steroid dienone is 3. The highest BCUT2D eigenvalue weighted by molar-refractivity contribution is 6.00. The fourth-order valence-corrected chi connectivity index (χ4v) is 2.28. The van der Waals surface area contributed by atoms with Crippen LogP contribution in [0.3, 0.4) is 0 Å². The van der Waals surface area contributed by atoms with Crippen LogP contribution in [0.15, 0.2) is 36.0 Å². The van der Waals surface area contributed by atoms with Crippen molar-refractivity contribution in [1.29, 1.82) is 0 Å². The first kappa shape index (κ1) is 9.21. The van der Waals surface area contributed by atoms with Gasteiger partial charge >= 0.3 is 0 Å². The number of carbonyl (C=O) groups excluding carboxylic acids is 1. The molecule has 3 rings (SSSR count). The molecule has 0 aromatic heterocycles. The van der Waals surface area contributed by atoms with Crippen LogP contribution in [0.25, 0.3) is 5.70 Å². The lowest BCUT2D eigenvalue weighted by atomic mass is 9.93. The van der Waals surface area contributed by atoms with Crippen LogP contribution in [-0.2, 0) is 6.42 Å². The van der Waals surface area contributed by atoms with E-state index in [-0.39, 0.29) is 5.91 Å². The van der Waals surface area contributed by atoms with E-state index in [0.717, 1.165) is 34.5 Å². The zero-order valence-corrected chi connectivity index (χ0v) is 9.00. The number of amides is 1. The van der Waals surface area contributed by atoms with Gasteiger partial charge < -0.3 is 10.6 Å². The zero-order chi connectivity index (χ0) is 11.1. The van der Waals surface area contributed by atoms with E-state index < -0.39 is 0 Å². The van der Waals surface area contributed by atoms with Gasteiger partial charge in [-0.05, 0) is 23.8 Å². The third-order valence-corrected chi connectivity index (χ3v) is 3.07. The van der Waals surface area contributed by atoms with Gasteiger partial charge in [-0.15, -0.1) is 0 Å². The van der Waals surface area contributed by atoms with Crippen LogP contribution in [0, 0.1) is 0 Å². The van der Waals surface area contributed by atoms with E-state index in [0.29, 0.717) is 0 Å². The van der Waals surface area contributed by atoms with E-state index in [1.807, 2.05) is 31.3 Å². The van der Waals surface area contributed by atoms with E-state index in [4.69, 9.17) is 0 Å². The molecule has 0 saturated carbocycles. The molecule has 1 heterocycles. The lowest BCUT2D eigenvalue weighted by Crippen LogP contribution is -2.30.